The predicted molar refractivity (Wildman–Crippen MR) is 120 cm³/mol. The van der Waals surface area contributed by atoms with Crippen molar-refractivity contribution in [3.63, 3.8) is 0 Å². The van der Waals surface area contributed by atoms with Crippen molar-refractivity contribution in [2.45, 2.75) is 56.8 Å². The van der Waals surface area contributed by atoms with E-state index in [2.05, 4.69) is 34.6 Å². The number of carbonyl (C=O) groups is 2. The van der Waals surface area contributed by atoms with Crippen LogP contribution < -0.4 is 5.32 Å². The average molecular weight is 418 g/mol. The lowest BCUT2D eigenvalue weighted by Gasteiger charge is -2.40. The normalized spacial score (nSPS) is 21.7. The van der Waals surface area contributed by atoms with E-state index >= 15 is 0 Å². The number of likely N-dealkylation sites (tertiary alicyclic amines) is 1. The SMILES string of the molecule is Cc1cccc(C(=O)N2CCC3(CC2)C[C@H](CC(=O)NCC2CC2)c2ccccc23)n1. The number of pyridine rings is 1. The number of nitrogens with one attached hydrogen (secondary N) is 1. The summed E-state index contributed by atoms with van der Waals surface area (Å²) >= 11 is 0. The molecule has 3 aliphatic rings. The quantitative estimate of drug-likeness (QED) is 0.801. The van der Waals surface area contributed by atoms with Gasteiger partial charge in [-0.3, -0.25) is 9.59 Å². The summed E-state index contributed by atoms with van der Waals surface area (Å²) in [6.07, 6.45) is 5.98. The molecule has 1 saturated carbocycles. The fourth-order valence-corrected chi connectivity index (χ4v) is 5.52. The average Bonchev–Trinajstić information content (AvgIpc) is 3.57. The van der Waals surface area contributed by atoms with Crippen molar-refractivity contribution >= 4 is 11.8 Å². The maximum absolute atomic E-state index is 13.0. The summed E-state index contributed by atoms with van der Waals surface area (Å²) < 4.78 is 0. The molecule has 2 fully saturated rings. The lowest BCUT2D eigenvalue weighted by Crippen LogP contribution is -2.44. The second-order valence-electron chi connectivity index (χ2n) is 9.68. The zero-order chi connectivity index (χ0) is 21.4. The summed E-state index contributed by atoms with van der Waals surface area (Å²) in [6.45, 7) is 4.23. The first-order chi connectivity index (χ1) is 15.0. The van der Waals surface area contributed by atoms with Crippen LogP contribution in [0.5, 0.6) is 0 Å². The van der Waals surface area contributed by atoms with Crippen molar-refractivity contribution in [3.05, 3.63) is 65.0 Å². The molecule has 2 aliphatic carbocycles. The lowest BCUT2D eigenvalue weighted by molar-refractivity contribution is -0.121. The lowest BCUT2D eigenvalue weighted by atomic mass is 9.73. The maximum Gasteiger partial charge on any atom is 0.272 e. The molecule has 1 saturated heterocycles. The second-order valence-corrected chi connectivity index (χ2v) is 9.68. The summed E-state index contributed by atoms with van der Waals surface area (Å²) in [4.78, 5) is 31.9. The number of fused-ring (bicyclic) bond motifs is 2. The Morgan fingerprint density at radius 1 is 1.10 bits per heavy atom. The molecule has 5 heteroatoms. The Kier molecular flexibility index (Phi) is 5.28. The van der Waals surface area contributed by atoms with Gasteiger partial charge in [0.15, 0.2) is 0 Å². The van der Waals surface area contributed by atoms with Crippen LogP contribution in [0.15, 0.2) is 42.5 Å². The first-order valence-electron chi connectivity index (χ1n) is 11.6. The highest BCUT2D eigenvalue weighted by Crippen LogP contribution is 2.52. The second kappa shape index (κ2) is 8.10. The molecule has 5 nitrogen and oxygen atoms in total. The van der Waals surface area contributed by atoms with Crippen LogP contribution in [-0.2, 0) is 10.2 Å². The van der Waals surface area contributed by atoms with Crippen LogP contribution in [0.2, 0.25) is 0 Å². The van der Waals surface area contributed by atoms with Crippen LogP contribution >= 0.6 is 0 Å². The van der Waals surface area contributed by atoms with Crippen LogP contribution in [0, 0.1) is 12.8 Å². The van der Waals surface area contributed by atoms with Gasteiger partial charge >= 0.3 is 0 Å². The molecule has 162 valence electrons. The fraction of sp³-hybridized carbons (Fsp3) is 0.500. The van der Waals surface area contributed by atoms with Gasteiger partial charge in [0.2, 0.25) is 5.91 Å². The summed E-state index contributed by atoms with van der Waals surface area (Å²) in [5.74, 6) is 1.19. The topological polar surface area (TPSA) is 62.3 Å². The monoisotopic (exact) mass is 417 g/mol. The van der Waals surface area contributed by atoms with Gasteiger partial charge in [-0.05, 0) is 79.5 Å². The first kappa shape index (κ1) is 20.2. The molecule has 0 unspecified atom stereocenters. The molecule has 1 aromatic heterocycles. The third-order valence-corrected chi connectivity index (χ3v) is 7.44. The predicted octanol–water partition coefficient (Wildman–Crippen LogP) is 3.97. The Morgan fingerprint density at radius 2 is 1.87 bits per heavy atom. The largest absolute Gasteiger partial charge is 0.356 e. The number of hydrogen-bond donors (Lipinski definition) is 1. The molecule has 0 radical (unpaired) electrons. The van der Waals surface area contributed by atoms with Crippen molar-refractivity contribution in [3.8, 4) is 0 Å². The molecule has 1 N–H and O–H groups in total. The van der Waals surface area contributed by atoms with Gasteiger partial charge in [-0.15, -0.1) is 0 Å². The van der Waals surface area contributed by atoms with Crippen molar-refractivity contribution < 1.29 is 9.59 Å². The summed E-state index contributed by atoms with van der Waals surface area (Å²) in [5, 5.41) is 3.14. The third kappa shape index (κ3) is 4.10. The van der Waals surface area contributed by atoms with Crippen molar-refractivity contribution in [1.82, 2.24) is 15.2 Å². The highest BCUT2D eigenvalue weighted by Gasteiger charge is 2.46. The van der Waals surface area contributed by atoms with Gasteiger partial charge in [0.05, 0.1) is 0 Å². The van der Waals surface area contributed by atoms with Crippen molar-refractivity contribution in [2.75, 3.05) is 19.6 Å². The smallest absolute Gasteiger partial charge is 0.272 e. The third-order valence-electron chi connectivity index (χ3n) is 7.44. The zero-order valence-corrected chi connectivity index (χ0v) is 18.3. The molecule has 1 aliphatic heterocycles. The number of aromatic nitrogens is 1. The van der Waals surface area contributed by atoms with Gasteiger partial charge in [-0.1, -0.05) is 30.3 Å². The van der Waals surface area contributed by atoms with Crippen molar-refractivity contribution in [2.24, 2.45) is 5.92 Å². The van der Waals surface area contributed by atoms with Crippen molar-refractivity contribution in [1.29, 1.82) is 0 Å². The van der Waals surface area contributed by atoms with Crippen LogP contribution in [0.25, 0.3) is 0 Å². The minimum absolute atomic E-state index is 0.0286. The number of piperidine rings is 1. The van der Waals surface area contributed by atoms with E-state index in [0.717, 1.165) is 44.6 Å². The van der Waals surface area contributed by atoms with Crippen LogP contribution in [-0.4, -0.2) is 41.3 Å². The number of hydrogen-bond acceptors (Lipinski definition) is 3. The Balaban J connectivity index is 1.28. The molecule has 1 aromatic carbocycles. The molecular weight excluding hydrogens is 386 g/mol. The molecule has 2 aromatic rings. The number of amides is 2. The zero-order valence-electron chi connectivity index (χ0n) is 18.3. The minimum atomic E-state index is 0.0286. The van der Waals surface area contributed by atoms with E-state index < -0.39 is 0 Å². The summed E-state index contributed by atoms with van der Waals surface area (Å²) in [7, 11) is 0. The van der Waals surface area contributed by atoms with E-state index in [9.17, 15) is 9.59 Å². The molecule has 1 atom stereocenters. The van der Waals surface area contributed by atoms with Crippen LogP contribution in [0.4, 0.5) is 0 Å². The van der Waals surface area contributed by atoms with Gasteiger partial charge in [-0.2, -0.15) is 0 Å². The fourth-order valence-electron chi connectivity index (χ4n) is 5.52. The Labute approximate surface area is 184 Å². The van der Waals surface area contributed by atoms with Gasteiger partial charge in [-0.25, -0.2) is 4.98 Å². The van der Waals surface area contributed by atoms with E-state index in [1.165, 1.54) is 24.0 Å². The maximum atomic E-state index is 13.0. The molecule has 2 heterocycles. The number of aryl methyl sites for hydroxylation is 1. The number of benzene rings is 1. The molecule has 1 spiro atoms. The minimum Gasteiger partial charge on any atom is -0.356 e. The highest BCUT2D eigenvalue weighted by molar-refractivity contribution is 5.92. The van der Waals surface area contributed by atoms with Gasteiger partial charge in [0.25, 0.3) is 5.91 Å². The van der Waals surface area contributed by atoms with E-state index in [1.807, 2.05) is 24.0 Å². The van der Waals surface area contributed by atoms with Crippen LogP contribution in [0.3, 0.4) is 0 Å². The molecule has 31 heavy (non-hydrogen) atoms. The van der Waals surface area contributed by atoms with Gasteiger partial charge in [0, 0.05) is 31.7 Å². The summed E-state index contributed by atoms with van der Waals surface area (Å²) in [6, 6.07) is 14.3. The molecule has 5 rings (SSSR count). The molecule has 2 amide bonds. The molecular formula is C26H31N3O2. The van der Waals surface area contributed by atoms with E-state index in [-0.39, 0.29) is 23.1 Å². The van der Waals surface area contributed by atoms with E-state index in [0.29, 0.717) is 18.0 Å². The highest BCUT2D eigenvalue weighted by atomic mass is 16.2. The van der Waals surface area contributed by atoms with E-state index in [1.54, 1.807) is 6.07 Å². The standard InChI is InChI=1S/C26H31N3O2/c1-18-5-4-8-23(28-18)25(31)29-13-11-26(12-14-29)16-20(21-6-2-3-7-22(21)26)15-24(30)27-17-19-9-10-19/h2-8,19-20H,9-17H2,1H3,(H,27,30)/t20-/m0/s1. The first-order valence-corrected chi connectivity index (χ1v) is 11.6. The number of carbonyl (C=O) groups excluding carboxylic acids is 2. The van der Waals surface area contributed by atoms with Crippen LogP contribution in [0.1, 0.15) is 71.8 Å². The number of rotatable bonds is 5. The van der Waals surface area contributed by atoms with Gasteiger partial charge < -0.3 is 10.2 Å². The Morgan fingerprint density at radius 3 is 2.61 bits per heavy atom. The Hall–Kier alpha value is -2.69. The van der Waals surface area contributed by atoms with Gasteiger partial charge in [0.1, 0.15) is 5.69 Å². The molecule has 0 bridgehead atoms. The Bertz CT molecular complexity index is 990. The van der Waals surface area contributed by atoms with E-state index in [4.69, 9.17) is 0 Å². The number of nitrogens with zero attached hydrogens (tertiary/aromatic N) is 2. The summed E-state index contributed by atoms with van der Waals surface area (Å²) in [5.41, 5.74) is 4.22.